The summed E-state index contributed by atoms with van der Waals surface area (Å²) in [5.41, 5.74) is 7.65. The fourth-order valence-electron chi connectivity index (χ4n) is 3.75. The molecule has 10 heteroatoms. The Balaban J connectivity index is 1.53. The first-order valence-electron chi connectivity index (χ1n) is 10.9. The van der Waals surface area contributed by atoms with Crippen LogP contribution in [0.1, 0.15) is 49.3 Å². The van der Waals surface area contributed by atoms with Gasteiger partial charge in [-0.2, -0.15) is 10.5 Å². The number of esters is 1. The van der Waals surface area contributed by atoms with Crippen LogP contribution in [0.3, 0.4) is 0 Å². The number of carbonyl (C=O) groups is 2. The summed E-state index contributed by atoms with van der Waals surface area (Å²) in [6.45, 7) is 4.69. The van der Waals surface area contributed by atoms with Crippen molar-refractivity contribution in [2.45, 2.75) is 43.7 Å². The Kier molecular flexibility index (Phi) is 8.34. The number of nitrogens with zero attached hydrogens (tertiary/aromatic N) is 4. The summed E-state index contributed by atoms with van der Waals surface area (Å²) >= 11 is 1.07. The SMILES string of the molecule is CC(C)c1c(C#N)c(N)nc(SCC(=O)OC2CCN(C(=O)Nc3ccccc3)CC2)c1C#N. The molecule has 2 amide bonds. The molecule has 1 aromatic carbocycles. The molecule has 0 saturated carbocycles. The number of amides is 2. The van der Waals surface area contributed by atoms with Crippen LogP contribution in [0, 0.1) is 22.7 Å². The molecule has 1 aromatic heterocycles. The van der Waals surface area contributed by atoms with Crippen LogP contribution in [-0.4, -0.2) is 46.8 Å². The first-order chi connectivity index (χ1) is 16.3. The van der Waals surface area contributed by atoms with Crippen LogP contribution in [0.25, 0.3) is 0 Å². The molecule has 2 aromatic rings. The number of hydrogen-bond acceptors (Lipinski definition) is 8. The molecule has 0 radical (unpaired) electrons. The van der Waals surface area contributed by atoms with Crippen LogP contribution in [0.2, 0.25) is 0 Å². The molecule has 0 bridgehead atoms. The van der Waals surface area contributed by atoms with Gasteiger partial charge in [0.05, 0.1) is 16.9 Å². The van der Waals surface area contributed by atoms with E-state index in [0.29, 0.717) is 36.5 Å². The smallest absolute Gasteiger partial charge is 0.321 e. The second-order valence-electron chi connectivity index (χ2n) is 8.11. The van der Waals surface area contributed by atoms with E-state index in [9.17, 15) is 20.1 Å². The highest BCUT2D eigenvalue weighted by Crippen LogP contribution is 2.33. The maximum absolute atomic E-state index is 12.4. The van der Waals surface area contributed by atoms with Gasteiger partial charge in [0, 0.05) is 31.6 Å². The number of carbonyl (C=O) groups excluding carboxylic acids is 2. The molecule has 0 aliphatic carbocycles. The maximum atomic E-state index is 12.4. The molecule has 0 unspecified atom stereocenters. The quantitative estimate of drug-likeness (QED) is 0.470. The monoisotopic (exact) mass is 478 g/mol. The highest BCUT2D eigenvalue weighted by molar-refractivity contribution is 7.99. The minimum atomic E-state index is -0.433. The molecular formula is C24H26N6O3S. The van der Waals surface area contributed by atoms with Crippen molar-refractivity contribution in [3.8, 4) is 12.1 Å². The lowest BCUT2D eigenvalue weighted by Crippen LogP contribution is -2.43. The molecule has 1 aliphatic rings. The Morgan fingerprint density at radius 1 is 1.21 bits per heavy atom. The normalized spacial score (nSPS) is 13.7. The maximum Gasteiger partial charge on any atom is 0.321 e. The number of benzene rings is 1. The van der Waals surface area contributed by atoms with Gasteiger partial charge in [-0.25, -0.2) is 9.78 Å². The standard InChI is InChI=1S/C24H26N6O3S/c1-15(2)21-18(12-25)22(27)29-23(19(21)13-26)34-14-20(31)33-17-8-10-30(11-9-17)24(32)28-16-6-4-3-5-7-16/h3-7,15,17H,8-11,14H2,1-2H3,(H2,27,29)(H,28,32). The molecule has 9 nitrogen and oxygen atoms in total. The summed E-state index contributed by atoms with van der Waals surface area (Å²) in [6.07, 6.45) is 0.804. The molecule has 0 atom stereocenters. The van der Waals surface area contributed by atoms with E-state index < -0.39 is 5.97 Å². The lowest BCUT2D eigenvalue weighted by Gasteiger charge is -2.31. The summed E-state index contributed by atoms with van der Waals surface area (Å²) in [6, 6.07) is 13.2. The molecular weight excluding hydrogens is 452 g/mol. The Labute approximate surface area is 202 Å². The first kappa shape index (κ1) is 24.9. The Morgan fingerprint density at radius 3 is 2.44 bits per heavy atom. The molecule has 34 heavy (non-hydrogen) atoms. The van der Waals surface area contributed by atoms with Crippen LogP contribution >= 0.6 is 11.8 Å². The van der Waals surface area contributed by atoms with Gasteiger partial charge in [-0.15, -0.1) is 0 Å². The molecule has 0 spiro atoms. The summed E-state index contributed by atoms with van der Waals surface area (Å²) < 4.78 is 5.57. The van der Waals surface area contributed by atoms with Crippen molar-refractivity contribution in [2.75, 3.05) is 29.9 Å². The third-order valence-electron chi connectivity index (χ3n) is 5.41. The van der Waals surface area contributed by atoms with Crippen molar-refractivity contribution >= 4 is 35.3 Å². The number of para-hydroxylation sites is 1. The van der Waals surface area contributed by atoms with Crippen LogP contribution in [-0.2, 0) is 9.53 Å². The zero-order valence-corrected chi connectivity index (χ0v) is 19.9. The third kappa shape index (κ3) is 5.97. The topological polar surface area (TPSA) is 145 Å². The van der Waals surface area contributed by atoms with E-state index in [-0.39, 0.29) is 40.8 Å². The fraction of sp³-hybridized carbons (Fsp3) is 0.375. The minimum Gasteiger partial charge on any atom is -0.462 e. The highest BCUT2D eigenvalue weighted by atomic mass is 32.2. The predicted octanol–water partition coefficient (Wildman–Crippen LogP) is 3.86. The number of nitrogen functional groups attached to an aromatic ring is 1. The number of anilines is 2. The van der Waals surface area contributed by atoms with Gasteiger partial charge in [-0.3, -0.25) is 4.79 Å². The Morgan fingerprint density at radius 2 is 1.85 bits per heavy atom. The van der Waals surface area contributed by atoms with Crippen molar-refractivity contribution in [3.63, 3.8) is 0 Å². The molecule has 176 valence electrons. The van der Waals surface area contributed by atoms with Crippen LogP contribution in [0.4, 0.5) is 16.3 Å². The van der Waals surface area contributed by atoms with Crippen LogP contribution < -0.4 is 11.1 Å². The number of rotatable bonds is 6. The molecule has 2 heterocycles. The molecule has 1 fully saturated rings. The predicted molar refractivity (Wildman–Crippen MR) is 129 cm³/mol. The zero-order chi connectivity index (χ0) is 24.7. The minimum absolute atomic E-state index is 0.0424. The molecule has 1 saturated heterocycles. The summed E-state index contributed by atoms with van der Waals surface area (Å²) in [4.78, 5) is 30.7. The lowest BCUT2D eigenvalue weighted by molar-refractivity contribution is -0.147. The molecule has 3 N–H and O–H groups in total. The molecule has 3 rings (SSSR count). The second-order valence-corrected chi connectivity index (χ2v) is 9.07. The molecule has 1 aliphatic heterocycles. The van der Waals surface area contributed by atoms with Gasteiger partial charge in [0.25, 0.3) is 0 Å². The summed E-state index contributed by atoms with van der Waals surface area (Å²) in [5.74, 6) is -0.538. The number of thioether (sulfide) groups is 1. The van der Waals surface area contributed by atoms with Gasteiger partial charge >= 0.3 is 12.0 Å². The number of likely N-dealkylation sites (tertiary alicyclic amines) is 1. The van der Waals surface area contributed by atoms with Crippen molar-refractivity contribution in [3.05, 3.63) is 47.0 Å². The zero-order valence-electron chi connectivity index (χ0n) is 19.1. The number of urea groups is 1. The summed E-state index contributed by atoms with van der Waals surface area (Å²) in [7, 11) is 0. The number of ether oxygens (including phenoxy) is 1. The van der Waals surface area contributed by atoms with Gasteiger partial charge in [-0.05, 0) is 23.6 Å². The van der Waals surface area contributed by atoms with Crippen LogP contribution in [0.5, 0.6) is 0 Å². The van der Waals surface area contributed by atoms with E-state index in [1.165, 1.54) is 0 Å². The number of nitriles is 2. The number of nitrogens with two attached hydrogens (primary N) is 1. The average Bonchev–Trinajstić information content (AvgIpc) is 2.83. The van der Waals surface area contributed by atoms with E-state index in [0.717, 1.165) is 17.4 Å². The van der Waals surface area contributed by atoms with Gasteiger partial charge in [-0.1, -0.05) is 43.8 Å². The Hall–Kier alpha value is -3.76. The van der Waals surface area contributed by atoms with Crippen molar-refractivity contribution in [1.29, 1.82) is 10.5 Å². The fourth-order valence-corrected chi connectivity index (χ4v) is 4.54. The largest absolute Gasteiger partial charge is 0.462 e. The van der Waals surface area contributed by atoms with Gasteiger partial charge in [0.2, 0.25) is 0 Å². The third-order valence-corrected chi connectivity index (χ3v) is 6.36. The number of pyridine rings is 1. The van der Waals surface area contributed by atoms with Crippen LogP contribution in [0.15, 0.2) is 35.4 Å². The number of hydrogen-bond donors (Lipinski definition) is 2. The van der Waals surface area contributed by atoms with Gasteiger partial charge in [0.1, 0.15) is 29.1 Å². The number of aromatic nitrogens is 1. The lowest BCUT2D eigenvalue weighted by atomic mass is 9.94. The second kappa shape index (κ2) is 11.4. The van der Waals surface area contributed by atoms with Gasteiger partial charge < -0.3 is 20.7 Å². The summed E-state index contributed by atoms with van der Waals surface area (Å²) in [5, 5.41) is 22.2. The average molecular weight is 479 g/mol. The van der Waals surface area contributed by atoms with E-state index in [1.54, 1.807) is 4.90 Å². The van der Waals surface area contributed by atoms with E-state index in [1.807, 2.05) is 50.2 Å². The van der Waals surface area contributed by atoms with Gasteiger partial charge in [0.15, 0.2) is 0 Å². The van der Waals surface area contributed by atoms with Crippen molar-refractivity contribution in [2.24, 2.45) is 0 Å². The van der Waals surface area contributed by atoms with Crippen molar-refractivity contribution < 1.29 is 14.3 Å². The highest BCUT2D eigenvalue weighted by Gasteiger charge is 2.26. The van der Waals surface area contributed by atoms with E-state index in [4.69, 9.17) is 10.5 Å². The number of piperidine rings is 1. The first-order valence-corrected chi connectivity index (χ1v) is 11.9. The van der Waals surface area contributed by atoms with E-state index >= 15 is 0 Å². The van der Waals surface area contributed by atoms with E-state index in [2.05, 4.69) is 16.4 Å². The Bertz CT molecular complexity index is 1130. The number of nitrogens with one attached hydrogen (secondary N) is 1. The van der Waals surface area contributed by atoms with Crippen molar-refractivity contribution in [1.82, 2.24) is 9.88 Å².